The van der Waals surface area contributed by atoms with Crippen LogP contribution >= 0.6 is 15.9 Å². The Labute approximate surface area is 430 Å². The van der Waals surface area contributed by atoms with E-state index in [1.165, 1.54) is 13.8 Å². The highest BCUT2D eigenvalue weighted by Crippen LogP contribution is 2.56. The summed E-state index contributed by atoms with van der Waals surface area (Å²) in [6.45, 7) is 13.5. The minimum absolute atomic E-state index is 0.0403. The third-order valence-corrected chi connectivity index (χ3v) is 16.3. The van der Waals surface area contributed by atoms with Crippen molar-refractivity contribution in [3.05, 3.63) is 127 Å². The Hall–Kier alpha value is -6.21. The SMILES string of the molecule is CC[C@](C)(O)[C@@H]1C[C@@H]2[C@@H](O)c3c(cc(-c4cccnc4)oc3=O)O[C@@]2(C)[C@H](OC(C)=O)C1.CC[C@](C)(O)[C@@H]1C[C@@H]2[C@@H](OC(=O)c3ccc(Br)cc3)c3c(cc(-c4cccnc4)oc3=O)O[C@@]2(C)[C@H](OC(C)=O)C1. The number of aromatic nitrogens is 2. The monoisotopic (exact) mass is 1070 g/mol. The van der Waals surface area contributed by atoms with Gasteiger partial charge in [0.25, 0.3) is 0 Å². The van der Waals surface area contributed by atoms with E-state index < -0.39 is 87.8 Å². The Morgan fingerprint density at radius 2 is 1.15 bits per heavy atom. The number of carbonyl (C=O) groups is 3. The molecule has 2 aliphatic heterocycles. The number of nitrogens with zero attached hydrogens (tertiary/aromatic N) is 2. The first-order valence-corrected chi connectivity index (χ1v) is 25.3. The molecule has 0 spiro atoms. The van der Waals surface area contributed by atoms with E-state index in [2.05, 4.69) is 25.9 Å². The minimum atomic E-state index is -1.20. The van der Waals surface area contributed by atoms with Gasteiger partial charge in [-0.15, -0.1) is 0 Å². The molecule has 4 aliphatic rings. The zero-order valence-corrected chi connectivity index (χ0v) is 43.5. The molecule has 0 bridgehead atoms. The van der Waals surface area contributed by atoms with Crippen molar-refractivity contribution < 1.29 is 62.2 Å². The fourth-order valence-electron chi connectivity index (χ4n) is 11.0. The molecule has 73 heavy (non-hydrogen) atoms. The second-order valence-electron chi connectivity index (χ2n) is 20.4. The lowest BCUT2D eigenvalue weighted by atomic mass is 9.61. The number of rotatable bonds is 10. The third-order valence-electron chi connectivity index (χ3n) is 15.7. The molecule has 2 fully saturated rings. The van der Waals surface area contributed by atoms with E-state index in [0.29, 0.717) is 55.2 Å². The predicted octanol–water partition coefficient (Wildman–Crippen LogP) is 8.64. The molecule has 0 unspecified atom stereocenters. The van der Waals surface area contributed by atoms with E-state index in [-0.39, 0.29) is 46.0 Å². The zero-order chi connectivity index (χ0) is 52.8. The topological polar surface area (TPSA) is 244 Å². The lowest BCUT2D eigenvalue weighted by Crippen LogP contribution is -2.63. The van der Waals surface area contributed by atoms with E-state index in [1.807, 2.05) is 13.8 Å². The van der Waals surface area contributed by atoms with Gasteiger partial charge >= 0.3 is 29.2 Å². The van der Waals surface area contributed by atoms with Crippen molar-refractivity contribution in [1.29, 1.82) is 0 Å². The van der Waals surface area contributed by atoms with E-state index in [4.69, 9.17) is 32.5 Å². The van der Waals surface area contributed by atoms with Crippen molar-refractivity contribution in [2.75, 3.05) is 0 Å². The van der Waals surface area contributed by atoms with Crippen LogP contribution in [-0.4, -0.2) is 77.8 Å². The maximum Gasteiger partial charge on any atom is 0.347 e. The molecule has 0 amide bonds. The second kappa shape index (κ2) is 20.6. The van der Waals surface area contributed by atoms with E-state index >= 15 is 0 Å². The largest absolute Gasteiger partial charge is 0.482 e. The summed E-state index contributed by atoms with van der Waals surface area (Å²) >= 11 is 3.37. The zero-order valence-electron chi connectivity index (χ0n) is 42.0. The molecule has 18 heteroatoms. The van der Waals surface area contributed by atoms with Gasteiger partial charge in [-0.2, -0.15) is 0 Å². The summed E-state index contributed by atoms with van der Waals surface area (Å²) in [7, 11) is 0. The van der Waals surface area contributed by atoms with Gasteiger partial charge in [0.1, 0.15) is 63.7 Å². The molecule has 3 N–H and O–H groups in total. The Morgan fingerprint density at radius 3 is 1.60 bits per heavy atom. The number of carbonyl (C=O) groups excluding carboxylic acids is 3. The summed E-state index contributed by atoms with van der Waals surface area (Å²) in [5.41, 5.74) is -4.25. The van der Waals surface area contributed by atoms with Gasteiger partial charge in [-0.25, -0.2) is 14.4 Å². The van der Waals surface area contributed by atoms with Crippen molar-refractivity contribution in [3.8, 4) is 34.1 Å². The molecule has 1 aromatic carbocycles. The van der Waals surface area contributed by atoms with Gasteiger partial charge < -0.3 is 47.8 Å². The van der Waals surface area contributed by atoms with Crippen LogP contribution in [0.25, 0.3) is 22.6 Å². The number of hydrogen-bond donors (Lipinski definition) is 3. The van der Waals surface area contributed by atoms with Crippen molar-refractivity contribution in [1.82, 2.24) is 9.97 Å². The lowest BCUT2D eigenvalue weighted by molar-refractivity contribution is -0.204. The molecule has 17 nitrogen and oxygen atoms in total. The van der Waals surface area contributed by atoms with E-state index in [9.17, 15) is 39.3 Å². The summed E-state index contributed by atoms with van der Waals surface area (Å²) in [6.07, 6.45) is 4.93. The Balaban J connectivity index is 0.000000201. The fourth-order valence-corrected chi connectivity index (χ4v) is 11.2. The highest BCUT2D eigenvalue weighted by Gasteiger charge is 2.62. The van der Waals surface area contributed by atoms with Gasteiger partial charge in [0.15, 0.2) is 0 Å². The van der Waals surface area contributed by atoms with Gasteiger partial charge in [-0.1, -0.05) is 29.8 Å². The number of hydrogen-bond acceptors (Lipinski definition) is 17. The fraction of sp³-hybridized carbons (Fsp3) is 0.473. The predicted molar refractivity (Wildman–Crippen MR) is 267 cm³/mol. The second-order valence-corrected chi connectivity index (χ2v) is 21.3. The summed E-state index contributed by atoms with van der Waals surface area (Å²) in [4.78, 5) is 72.3. The quantitative estimate of drug-likeness (QED) is 0.0875. The molecule has 388 valence electrons. The average Bonchev–Trinajstić information content (AvgIpc) is 3.34. The first-order chi connectivity index (χ1) is 34.5. The lowest BCUT2D eigenvalue weighted by Gasteiger charge is -2.54. The molecule has 9 rings (SSSR count). The number of aliphatic hydroxyl groups excluding tert-OH is 1. The molecule has 2 saturated carbocycles. The van der Waals surface area contributed by atoms with Crippen LogP contribution in [-0.2, 0) is 23.8 Å². The minimum Gasteiger partial charge on any atom is -0.482 e. The molecule has 5 aromatic rings. The van der Waals surface area contributed by atoms with Crippen molar-refractivity contribution >= 4 is 33.8 Å². The Bertz CT molecular complexity index is 2960. The van der Waals surface area contributed by atoms with Crippen LogP contribution in [0.2, 0.25) is 0 Å². The Morgan fingerprint density at radius 1 is 0.699 bits per heavy atom. The van der Waals surface area contributed by atoms with E-state index in [0.717, 1.165) is 4.47 Å². The summed E-state index contributed by atoms with van der Waals surface area (Å²) in [5, 5.41) is 33.5. The van der Waals surface area contributed by atoms with Crippen LogP contribution in [0.4, 0.5) is 0 Å². The molecule has 2 aliphatic carbocycles. The summed E-state index contributed by atoms with van der Waals surface area (Å²) in [5.74, 6) is -2.57. The normalized spacial score (nSPS) is 28.4. The number of fused-ring (bicyclic) bond motifs is 4. The van der Waals surface area contributed by atoms with Crippen LogP contribution in [0.5, 0.6) is 11.5 Å². The Kier molecular flexibility index (Phi) is 15.0. The highest BCUT2D eigenvalue weighted by atomic mass is 79.9. The van der Waals surface area contributed by atoms with Crippen LogP contribution < -0.4 is 20.7 Å². The molecule has 0 radical (unpaired) electrons. The van der Waals surface area contributed by atoms with E-state index in [1.54, 1.807) is 113 Å². The van der Waals surface area contributed by atoms with Gasteiger partial charge in [0, 0.05) is 78.2 Å². The maximum absolute atomic E-state index is 13.6. The number of benzene rings is 1. The van der Waals surface area contributed by atoms with Crippen LogP contribution in [0, 0.1) is 23.7 Å². The number of pyridine rings is 2. The van der Waals surface area contributed by atoms with Crippen LogP contribution in [0.1, 0.15) is 128 Å². The van der Waals surface area contributed by atoms with Gasteiger partial charge in [-0.05, 0) is 127 Å². The maximum atomic E-state index is 13.6. The molecule has 6 heterocycles. The smallest absolute Gasteiger partial charge is 0.347 e. The number of halogens is 1. The van der Waals surface area contributed by atoms with Crippen molar-refractivity contribution in [3.63, 3.8) is 0 Å². The summed E-state index contributed by atoms with van der Waals surface area (Å²) in [6, 6.07) is 16.8. The first kappa shape index (κ1) is 53.1. The summed E-state index contributed by atoms with van der Waals surface area (Å²) < 4.78 is 42.5. The number of aliphatic hydroxyl groups is 3. The van der Waals surface area contributed by atoms with Crippen LogP contribution in [0.15, 0.2) is 108 Å². The molecular weight excluding hydrogens is 1010 g/mol. The molecule has 0 saturated heterocycles. The third kappa shape index (κ3) is 10.5. The molecular formula is C55H61BrN2O15. The van der Waals surface area contributed by atoms with Crippen molar-refractivity contribution in [2.24, 2.45) is 23.7 Å². The molecule has 12 atom stereocenters. The standard InChI is InChI=1S/C31H32BrNO8.C24H29NO7/c1-5-30(3,37)20-13-22-27(40-28(35)18-8-10-21(32)11-9-18)26-24(41-31(22,4)25(14-20)38-17(2)34)15-23(39-29(26)36)19-7-6-12-33-16-19;1-5-23(3,29)15-9-16-21(27)20-18(32-24(16,4)19(10-15)30-13(2)26)11-17(31-22(20)28)14-7-6-8-25-12-14/h6-12,15-16,20,22,25,27,37H,5,13-14H2,1-4H3;6-8,11-12,15-16,19,21,27,29H,5,9-10H2,1-4H3/t20-,22-,25-,27-,30+,31-;15-,16-,19-,21-,23+,24-/m11/s1. The number of ether oxygens (including phenoxy) is 5. The average molecular weight is 1070 g/mol. The first-order valence-electron chi connectivity index (χ1n) is 24.5. The van der Waals surface area contributed by atoms with Crippen LogP contribution in [0.3, 0.4) is 0 Å². The van der Waals surface area contributed by atoms with Gasteiger partial charge in [0.2, 0.25) is 0 Å². The molecule has 4 aromatic heterocycles. The van der Waals surface area contributed by atoms with Gasteiger partial charge in [-0.3, -0.25) is 19.6 Å². The van der Waals surface area contributed by atoms with Gasteiger partial charge in [0.05, 0.1) is 22.9 Å². The number of esters is 3. The van der Waals surface area contributed by atoms with Crippen molar-refractivity contribution in [2.45, 2.75) is 141 Å². The highest BCUT2D eigenvalue weighted by molar-refractivity contribution is 9.10.